The van der Waals surface area contributed by atoms with E-state index in [-0.39, 0.29) is 16.3 Å². The monoisotopic (exact) mass is 348 g/mol. The van der Waals surface area contributed by atoms with E-state index < -0.39 is 10.8 Å². The highest BCUT2D eigenvalue weighted by Crippen LogP contribution is 2.22. The Labute approximate surface area is 145 Å². The van der Waals surface area contributed by atoms with Gasteiger partial charge in [-0.1, -0.05) is 35.9 Å². The van der Waals surface area contributed by atoms with Crippen LogP contribution in [0.1, 0.15) is 21.5 Å². The number of nitro groups is 1. The van der Waals surface area contributed by atoms with E-state index in [0.717, 1.165) is 17.7 Å². The highest BCUT2D eigenvalue weighted by molar-refractivity contribution is 6.33. The quantitative estimate of drug-likeness (QED) is 0.617. The van der Waals surface area contributed by atoms with Crippen LogP contribution in [0.5, 0.6) is 0 Å². The van der Waals surface area contributed by atoms with Crippen LogP contribution in [0.3, 0.4) is 0 Å². The summed E-state index contributed by atoms with van der Waals surface area (Å²) in [6.07, 6.45) is 0. The zero-order valence-electron chi connectivity index (χ0n) is 13.5. The summed E-state index contributed by atoms with van der Waals surface area (Å²) in [6.45, 7) is 1.17. The van der Waals surface area contributed by atoms with Gasteiger partial charge in [0.2, 0.25) is 0 Å². The van der Waals surface area contributed by atoms with E-state index in [1.165, 1.54) is 23.1 Å². The summed E-state index contributed by atoms with van der Waals surface area (Å²) >= 11 is 5.99. The number of benzene rings is 2. The smallest absolute Gasteiger partial charge is 0.270 e. The summed E-state index contributed by atoms with van der Waals surface area (Å²) in [4.78, 5) is 23.9. The lowest BCUT2D eigenvalue weighted by Crippen LogP contribution is -3.04. The Morgan fingerprint density at radius 2 is 1.88 bits per heavy atom. The average molecular weight is 349 g/mol. The van der Waals surface area contributed by atoms with Crippen molar-refractivity contribution >= 4 is 23.2 Å². The molecule has 0 unspecified atom stereocenters. The van der Waals surface area contributed by atoms with Crippen LogP contribution in [0, 0.1) is 10.1 Å². The molecule has 0 fully saturated rings. The second-order valence-electron chi connectivity index (χ2n) is 5.76. The minimum absolute atomic E-state index is 0.0987. The van der Waals surface area contributed by atoms with Crippen LogP contribution < -0.4 is 10.2 Å². The molecular weight excluding hydrogens is 330 g/mol. The van der Waals surface area contributed by atoms with Gasteiger partial charge >= 0.3 is 0 Å². The first-order valence-corrected chi connectivity index (χ1v) is 7.84. The van der Waals surface area contributed by atoms with Gasteiger partial charge in [-0.3, -0.25) is 14.9 Å². The SMILES string of the molecule is C[NH+](C)Cc1ccccc1CNC(=O)c1cc([N+](=O)[O-])ccc1Cl. The average Bonchev–Trinajstić information content (AvgIpc) is 2.53. The molecule has 0 heterocycles. The van der Waals surface area contributed by atoms with Gasteiger partial charge in [0.15, 0.2) is 0 Å². The van der Waals surface area contributed by atoms with Crippen LogP contribution in [0.2, 0.25) is 5.02 Å². The largest absolute Gasteiger partial charge is 0.348 e. The highest BCUT2D eigenvalue weighted by atomic mass is 35.5. The molecule has 2 rings (SSSR count). The van der Waals surface area contributed by atoms with E-state index in [9.17, 15) is 14.9 Å². The van der Waals surface area contributed by atoms with E-state index in [0.29, 0.717) is 6.54 Å². The molecule has 0 aliphatic carbocycles. The van der Waals surface area contributed by atoms with E-state index >= 15 is 0 Å². The van der Waals surface area contributed by atoms with Crippen molar-refractivity contribution in [2.24, 2.45) is 0 Å². The zero-order chi connectivity index (χ0) is 17.7. The molecule has 2 aromatic carbocycles. The van der Waals surface area contributed by atoms with Gasteiger partial charge in [0.25, 0.3) is 11.6 Å². The Kier molecular flexibility index (Phi) is 5.89. The van der Waals surface area contributed by atoms with Crippen molar-refractivity contribution < 1.29 is 14.6 Å². The molecule has 6 nitrogen and oxygen atoms in total. The van der Waals surface area contributed by atoms with Gasteiger partial charge in [-0.2, -0.15) is 0 Å². The van der Waals surface area contributed by atoms with E-state index in [1.807, 2.05) is 24.3 Å². The molecule has 0 radical (unpaired) electrons. The summed E-state index contributed by atoms with van der Waals surface area (Å²) in [6, 6.07) is 11.7. The Morgan fingerprint density at radius 1 is 1.21 bits per heavy atom. The number of hydrogen-bond donors (Lipinski definition) is 2. The standard InChI is InChI=1S/C17H18ClN3O3/c1-20(2)11-13-6-4-3-5-12(13)10-19-17(22)15-9-14(21(23)24)7-8-16(15)18/h3-9H,10-11H2,1-2H3,(H,19,22)/p+1. The molecule has 0 atom stereocenters. The Bertz CT molecular complexity index is 762. The van der Waals surface area contributed by atoms with Crippen molar-refractivity contribution in [1.29, 1.82) is 0 Å². The first kappa shape index (κ1) is 17.9. The third-order valence-electron chi connectivity index (χ3n) is 3.51. The van der Waals surface area contributed by atoms with Crippen LogP contribution >= 0.6 is 11.6 Å². The maximum absolute atomic E-state index is 12.3. The van der Waals surface area contributed by atoms with Gasteiger partial charge < -0.3 is 10.2 Å². The normalized spacial score (nSPS) is 10.7. The fourth-order valence-corrected chi connectivity index (χ4v) is 2.56. The number of halogens is 1. The third kappa shape index (κ3) is 4.53. The minimum atomic E-state index is -0.553. The number of carbonyl (C=O) groups excluding carboxylic acids is 1. The molecule has 126 valence electrons. The van der Waals surface area contributed by atoms with Crippen molar-refractivity contribution in [2.75, 3.05) is 14.1 Å². The Morgan fingerprint density at radius 3 is 2.50 bits per heavy atom. The number of nitrogens with zero attached hydrogens (tertiary/aromatic N) is 1. The topological polar surface area (TPSA) is 76.7 Å². The van der Waals surface area contributed by atoms with Crippen molar-refractivity contribution in [3.63, 3.8) is 0 Å². The maximum Gasteiger partial charge on any atom is 0.270 e. The minimum Gasteiger partial charge on any atom is -0.348 e. The fourth-order valence-electron chi connectivity index (χ4n) is 2.35. The zero-order valence-corrected chi connectivity index (χ0v) is 14.3. The maximum atomic E-state index is 12.3. The molecular formula is C17H19ClN3O3+. The van der Waals surface area contributed by atoms with E-state index in [2.05, 4.69) is 19.4 Å². The molecule has 0 bridgehead atoms. The number of amides is 1. The molecule has 7 heteroatoms. The van der Waals surface area contributed by atoms with Gasteiger partial charge in [0.05, 0.1) is 29.6 Å². The van der Waals surface area contributed by atoms with Gasteiger partial charge in [-0.25, -0.2) is 0 Å². The highest BCUT2D eigenvalue weighted by Gasteiger charge is 2.16. The molecule has 24 heavy (non-hydrogen) atoms. The van der Waals surface area contributed by atoms with Crippen molar-refractivity contribution in [2.45, 2.75) is 13.1 Å². The predicted octanol–water partition coefficient (Wildman–Crippen LogP) is 1.82. The van der Waals surface area contributed by atoms with Gasteiger partial charge in [-0.05, 0) is 11.6 Å². The summed E-state index contributed by atoms with van der Waals surface area (Å²) < 4.78 is 0. The number of quaternary nitrogens is 1. The molecule has 0 saturated heterocycles. The summed E-state index contributed by atoms with van der Waals surface area (Å²) in [7, 11) is 4.11. The first-order valence-electron chi connectivity index (χ1n) is 7.46. The molecule has 0 aliphatic rings. The molecule has 0 saturated carbocycles. The van der Waals surface area contributed by atoms with E-state index in [4.69, 9.17) is 11.6 Å². The molecule has 0 aromatic heterocycles. The number of hydrogen-bond acceptors (Lipinski definition) is 3. The summed E-state index contributed by atoms with van der Waals surface area (Å²) in [5.74, 6) is -0.435. The molecule has 0 aliphatic heterocycles. The number of carbonyl (C=O) groups is 1. The van der Waals surface area contributed by atoms with Crippen LogP contribution in [-0.2, 0) is 13.1 Å². The van der Waals surface area contributed by atoms with Crippen LogP contribution in [0.4, 0.5) is 5.69 Å². The first-order chi connectivity index (χ1) is 11.4. The fraction of sp³-hybridized carbons (Fsp3) is 0.235. The summed E-state index contributed by atoms with van der Waals surface area (Å²) in [5, 5.41) is 13.8. The summed E-state index contributed by atoms with van der Waals surface area (Å²) in [5.41, 5.74) is 2.08. The Balaban J connectivity index is 2.14. The van der Waals surface area contributed by atoms with Gasteiger partial charge in [0.1, 0.15) is 6.54 Å². The lowest BCUT2D eigenvalue weighted by molar-refractivity contribution is -0.872. The molecule has 2 aromatic rings. The van der Waals surface area contributed by atoms with Crippen molar-refractivity contribution in [3.05, 3.63) is 74.3 Å². The van der Waals surface area contributed by atoms with Crippen LogP contribution in [0.15, 0.2) is 42.5 Å². The third-order valence-corrected chi connectivity index (χ3v) is 3.84. The molecule has 0 spiro atoms. The van der Waals surface area contributed by atoms with Crippen molar-refractivity contribution in [3.8, 4) is 0 Å². The van der Waals surface area contributed by atoms with Crippen molar-refractivity contribution in [1.82, 2.24) is 5.32 Å². The number of non-ortho nitro benzene ring substituents is 1. The number of nitrogens with one attached hydrogen (secondary N) is 2. The van der Waals surface area contributed by atoms with Gasteiger partial charge in [0, 0.05) is 24.2 Å². The lowest BCUT2D eigenvalue weighted by atomic mass is 10.1. The molecule has 1 amide bonds. The van der Waals surface area contributed by atoms with Crippen LogP contribution in [0.25, 0.3) is 0 Å². The second kappa shape index (κ2) is 7.90. The second-order valence-corrected chi connectivity index (χ2v) is 6.16. The van der Waals surface area contributed by atoms with Gasteiger partial charge in [-0.15, -0.1) is 0 Å². The lowest BCUT2D eigenvalue weighted by Gasteiger charge is -2.13. The Hall–Kier alpha value is -2.44. The number of rotatable bonds is 6. The number of nitro benzene ring substituents is 1. The van der Waals surface area contributed by atoms with Crippen LogP contribution in [-0.4, -0.2) is 24.9 Å². The van der Waals surface area contributed by atoms with E-state index in [1.54, 1.807) is 0 Å². The predicted molar refractivity (Wildman–Crippen MR) is 92.2 cm³/mol. The molecule has 2 N–H and O–H groups in total.